The van der Waals surface area contributed by atoms with E-state index in [1.807, 2.05) is 0 Å². The van der Waals surface area contributed by atoms with Crippen LogP contribution in [0.1, 0.15) is 10.4 Å². The van der Waals surface area contributed by atoms with Gasteiger partial charge in [-0.1, -0.05) is 6.07 Å². The first-order valence-corrected chi connectivity index (χ1v) is 3.15. The van der Waals surface area contributed by atoms with Crippen molar-refractivity contribution in [1.29, 1.82) is 0 Å². The number of aliphatic imine (C=N–C) groups is 1. The van der Waals surface area contributed by atoms with Crippen LogP contribution in [0.15, 0.2) is 29.3 Å². The highest BCUT2D eigenvalue weighted by atomic mass is 35.5. The van der Waals surface area contributed by atoms with E-state index in [2.05, 4.69) is 4.99 Å². The number of hydrogen-bond donors (Lipinski definition) is 1. The lowest BCUT2D eigenvalue weighted by atomic mass is 10.2. The molecule has 0 atom stereocenters. The van der Waals surface area contributed by atoms with Crippen LogP contribution in [0, 0.1) is 0 Å². The third-order valence-electron chi connectivity index (χ3n) is 1.27. The lowest BCUT2D eigenvalue weighted by molar-refractivity contribution is 0.0697. The molecule has 1 rings (SSSR count). The molecule has 0 aliphatic rings. The van der Waals surface area contributed by atoms with Crippen molar-refractivity contribution in [3.63, 3.8) is 0 Å². The maximum atomic E-state index is 10.4. The van der Waals surface area contributed by atoms with E-state index in [4.69, 9.17) is 5.11 Å². The van der Waals surface area contributed by atoms with Gasteiger partial charge in [-0.15, -0.1) is 12.4 Å². The molecule has 13 heavy (non-hydrogen) atoms. The van der Waals surface area contributed by atoms with E-state index in [-0.39, 0.29) is 18.0 Å². The number of benzene rings is 1. The predicted molar refractivity (Wildman–Crippen MR) is 48.4 cm³/mol. The Morgan fingerprint density at radius 3 is 2.69 bits per heavy atom. The van der Waals surface area contributed by atoms with Crippen LogP contribution >= 0.6 is 12.4 Å². The van der Waals surface area contributed by atoms with Crippen LogP contribution < -0.4 is 0 Å². The van der Waals surface area contributed by atoms with Crippen molar-refractivity contribution in [3.05, 3.63) is 29.8 Å². The average Bonchev–Trinajstić information content (AvgIpc) is 2.05. The molecule has 1 aromatic carbocycles. The van der Waals surface area contributed by atoms with Crippen molar-refractivity contribution in [2.45, 2.75) is 0 Å². The van der Waals surface area contributed by atoms with Gasteiger partial charge in [0.25, 0.3) is 0 Å². The van der Waals surface area contributed by atoms with Gasteiger partial charge in [0.05, 0.1) is 11.3 Å². The highest BCUT2D eigenvalue weighted by Crippen LogP contribution is 2.12. The minimum Gasteiger partial charge on any atom is -0.478 e. The summed E-state index contributed by atoms with van der Waals surface area (Å²) in [6.07, 6.45) is 1.33. The molecule has 5 heteroatoms. The SMILES string of the molecule is Cl.O=C=Nc1cccc(C(=O)O)c1. The fraction of sp³-hybridized carbons (Fsp3) is 0. The summed E-state index contributed by atoms with van der Waals surface area (Å²) in [4.78, 5) is 23.5. The molecule has 0 unspecified atom stereocenters. The molecule has 68 valence electrons. The molecule has 0 amide bonds. The second-order valence-electron chi connectivity index (χ2n) is 2.06. The van der Waals surface area contributed by atoms with Gasteiger partial charge in [-0.25, -0.2) is 9.59 Å². The quantitative estimate of drug-likeness (QED) is 0.583. The molecule has 0 fully saturated rings. The molecular formula is C8H6ClNO3. The number of rotatable bonds is 2. The average molecular weight is 200 g/mol. The largest absolute Gasteiger partial charge is 0.478 e. The molecule has 1 N–H and O–H groups in total. The lowest BCUT2D eigenvalue weighted by Crippen LogP contribution is -1.94. The minimum atomic E-state index is -1.04. The van der Waals surface area contributed by atoms with Gasteiger partial charge in [0.2, 0.25) is 6.08 Å². The van der Waals surface area contributed by atoms with Crippen LogP contribution in [0.5, 0.6) is 0 Å². The number of isocyanates is 1. The zero-order valence-electron chi connectivity index (χ0n) is 6.43. The number of nitrogens with zero attached hydrogens (tertiary/aromatic N) is 1. The Morgan fingerprint density at radius 1 is 1.46 bits per heavy atom. The van der Waals surface area contributed by atoms with Crippen molar-refractivity contribution in [2.75, 3.05) is 0 Å². The molecule has 0 radical (unpaired) electrons. The van der Waals surface area contributed by atoms with Crippen molar-refractivity contribution in [3.8, 4) is 0 Å². The first-order valence-electron chi connectivity index (χ1n) is 3.15. The molecule has 0 heterocycles. The maximum absolute atomic E-state index is 10.4. The Hall–Kier alpha value is -1.64. The summed E-state index contributed by atoms with van der Waals surface area (Å²) in [6.45, 7) is 0. The standard InChI is InChI=1S/C8H5NO3.ClH/c10-5-9-7-3-1-2-6(4-7)8(11)12;/h1-4H,(H,11,12);1H. The Balaban J connectivity index is 0.00000144. The van der Waals surface area contributed by atoms with E-state index in [0.29, 0.717) is 5.69 Å². The zero-order chi connectivity index (χ0) is 8.97. The molecule has 0 bridgehead atoms. The maximum Gasteiger partial charge on any atom is 0.335 e. The van der Waals surface area contributed by atoms with Gasteiger partial charge in [0.15, 0.2) is 0 Å². The fourth-order valence-corrected chi connectivity index (χ4v) is 0.761. The minimum absolute atomic E-state index is 0. The number of aromatic carboxylic acids is 1. The van der Waals surface area contributed by atoms with E-state index in [0.717, 1.165) is 0 Å². The monoisotopic (exact) mass is 199 g/mol. The van der Waals surface area contributed by atoms with Crippen LogP contribution in [0.2, 0.25) is 0 Å². The van der Waals surface area contributed by atoms with Gasteiger partial charge in [0.1, 0.15) is 0 Å². The van der Waals surface area contributed by atoms with E-state index < -0.39 is 5.97 Å². The summed E-state index contributed by atoms with van der Waals surface area (Å²) >= 11 is 0. The number of carboxylic acid groups (broad SMARTS) is 1. The second-order valence-corrected chi connectivity index (χ2v) is 2.06. The first kappa shape index (κ1) is 11.4. The number of carbonyl (C=O) groups excluding carboxylic acids is 1. The third-order valence-corrected chi connectivity index (χ3v) is 1.27. The lowest BCUT2D eigenvalue weighted by Gasteiger charge is -1.93. The Kier molecular flexibility index (Phi) is 4.44. The van der Waals surface area contributed by atoms with Crippen LogP contribution in [0.4, 0.5) is 5.69 Å². The predicted octanol–water partition coefficient (Wildman–Crippen LogP) is 1.77. The van der Waals surface area contributed by atoms with E-state index >= 15 is 0 Å². The molecule has 0 aliphatic carbocycles. The summed E-state index contributed by atoms with van der Waals surface area (Å²) in [6, 6.07) is 5.76. The summed E-state index contributed by atoms with van der Waals surface area (Å²) in [7, 11) is 0. The second kappa shape index (κ2) is 5.09. The number of carboxylic acids is 1. The summed E-state index contributed by atoms with van der Waals surface area (Å²) < 4.78 is 0. The molecular weight excluding hydrogens is 194 g/mol. The Morgan fingerprint density at radius 2 is 2.15 bits per heavy atom. The summed E-state index contributed by atoms with van der Waals surface area (Å²) in [5.74, 6) is -1.04. The van der Waals surface area contributed by atoms with Crippen LogP contribution in [-0.4, -0.2) is 17.2 Å². The Labute approximate surface area is 80.3 Å². The summed E-state index contributed by atoms with van der Waals surface area (Å²) in [5, 5.41) is 8.54. The zero-order valence-corrected chi connectivity index (χ0v) is 7.25. The number of carbonyl (C=O) groups is 1. The molecule has 0 aromatic heterocycles. The first-order chi connectivity index (χ1) is 5.74. The normalized spacial score (nSPS) is 8.00. The van der Waals surface area contributed by atoms with Gasteiger partial charge in [0, 0.05) is 0 Å². The fourth-order valence-electron chi connectivity index (χ4n) is 0.761. The number of hydrogen-bond acceptors (Lipinski definition) is 3. The van der Waals surface area contributed by atoms with Gasteiger partial charge in [-0.3, -0.25) is 0 Å². The van der Waals surface area contributed by atoms with Gasteiger partial charge in [-0.2, -0.15) is 4.99 Å². The molecule has 1 aromatic rings. The Bertz CT molecular complexity index is 341. The van der Waals surface area contributed by atoms with Crippen LogP contribution in [0.25, 0.3) is 0 Å². The van der Waals surface area contributed by atoms with Crippen LogP contribution in [-0.2, 0) is 4.79 Å². The van der Waals surface area contributed by atoms with E-state index in [9.17, 15) is 9.59 Å². The molecule has 4 nitrogen and oxygen atoms in total. The molecule has 0 saturated heterocycles. The molecule has 0 saturated carbocycles. The van der Waals surface area contributed by atoms with Crippen molar-refractivity contribution < 1.29 is 14.7 Å². The van der Waals surface area contributed by atoms with Gasteiger partial charge >= 0.3 is 5.97 Å². The van der Waals surface area contributed by atoms with Crippen LogP contribution in [0.3, 0.4) is 0 Å². The molecule has 0 spiro atoms. The smallest absolute Gasteiger partial charge is 0.335 e. The highest BCUT2D eigenvalue weighted by molar-refractivity contribution is 5.88. The van der Waals surface area contributed by atoms with E-state index in [1.165, 1.54) is 30.3 Å². The number of halogens is 1. The third kappa shape index (κ3) is 3.07. The van der Waals surface area contributed by atoms with E-state index in [1.54, 1.807) is 0 Å². The van der Waals surface area contributed by atoms with Crippen molar-refractivity contribution in [2.24, 2.45) is 4.99 Å². The van der Waals surface area contributed by atoms with Gasteiger partial charge in [-0.05, 0) is 18.2 Å². The van der Waals surface area contributed by atoms with Gasteiger partial charge < -0.3 is 5.11 Å². The molecule has 0 aliphatic heterocycles. The highest BCUT2D eigenvalue weighted by Gasteiger charge is 2.01. The topological polar surface area (TPSA) is 66.7 Å². The van der Waals surface area contributed by atoms with Crippen molar-refractivity contribution in [1.82, 2.24) is 0 Å². The summed E-state index contributed by atoms with van der Waals surface area (Å²) in [5.41, 5.74) is 0.399. The van der Waals surface area contributed by atoms with Crippen molar-refractivity contribution >= 4 is 30.1 Å².